The van der Waals surface area contributed by atoms with E-state index < -0.39 is 0 Å². The molecule has 1 saturated heterocycles. The van der Waals surface area contributed by atoms with Crippen LogP contribution in [0.2, 0.25) is 0 Å². The van der Waals surface area contributed by atoms with Crippen LogP contribution in [0.25, 0.3) is 0 Å². The van der Waals surface area contributed by atoms with Gasteiger partial charge in [0.25, 0.3) is 0 Å². The molecule has 126 valence electrons. The molecular weight excluding hydrogens is 294 g/mol. The number of likely N-dealkylation sites (N-methyl/N-ethyl adjacent to an activating group) is 1. The largest absolute Gasteiger partial charge is 0.444 e. The molecule has 2 aromatic rings. The number of oxazole rings is 1. The second kappa shape index (κ2) is 6.80. The van der Waals surface area contributed by atoms with Crippen molar-refractivity contribution in [2.24, 2.45) is 0 Å². The van der Waals surface area contributed by atoms with Crippen LogP contribution in [0.15, 0.2) is 8.94 Å². The first-order chi connectivity index (χ1) is 11.0. The van der Waals surface area contributed by atoms with Crippen molar-refractivity contribution in [1.82, 2.24) is 24.9 Å². The minimum absolute atomic E-state index is 0.496. The van der Waals surface area contributed by atoms with Gasteiger partial charge in [0, 0.05) is 25.6 Å². The Morgan fingerprint density at radius 3 is 2.74 bits per heavy atom. The Labute approximate surface area is 136 Å². The molecular formula is C16H25N5O2. The first-order valence-corrected chi connectivity index (χ1v) is 8.22. The van der Waals surface area contributed by atoms with Gasteiger partial charge in [-0.1, -0.05) is 12.1 Å². The molecule has 0 bridgehead atoms. The summed E-state index contributed by atoms with van der Waals surface area (Å²) in [6.45, 7) is 9.53. The normalized spacial score (nSPS) is 19.1. The maximum atomic E-state index is 5.68. The number of rotatable bonds is 6. The quantitative estimate of drug-likeness (QED) is 0.805. The first kappa shape index (κ1) is 16.1. The van der Waals surface area contributed by atoms with Gasteiger partial charge in [0.2, 0.25) is 11.8 Å². The Bertz CT molecular complexity index is 631. The molecule has 23 heavy (non-hydrogen) atoms. The zero-order chi connectivity index (χ0) is 16.4. The topological polar surface area (TPSA) is 71.4 Å². The molecule has 0 spiro atoms. The van der Waals surface area contributed by atoms with Crippen molar-refractivity contribution < 1.29 is 8.94 Å². The van der Waals surface area contributed by atoms with E-state index in [1.807, 2.05) is 20.8 Å². The second-order valence-corrected chi connectivity index (χ2v) is 6.30. The third-order valence-corrected chi connectivity index (χ3v) is 4.51. The van der Waals surface area contributed by atoms with Gasteiger partial charge in [-0.15, -0.1) is 0 Å². The molecule has 3 heterocycles. The van der Waals surface area contributed by atoms with E-state index in [9.17, 15) is 0 Å². The van der Waals surface area contributed by atoms with Crippen LogP contribution in [0.3, 0.4) is 0 Å². The molecule has 0 amide bonds. The zero-order valence-electron chi connectivity index (χ0n) is 14.4. The molecule has 0 unspecified atom stereocenters. The van der Waals surface area contributed by atoms with E-state index in [1.165, 1.54) is 0 Å². The predicted octanol–water partition coefficient (Wildman–Crippen LogP) is 1.94. The third-order valence-electron chi connectivity index (χ3n) is 4.51. The molecule has 0 saturated carbocycles. The van der Waals surface area contributed by atoms with E-state index in [0.29, 0.717) is 11.9 Å². The number of likely N-dealkylation sites (tertiary alicyclic amines) is 1. The predicted molar refractivity (Wildman–Crippen MR) is 84.8 cm³/mol. The van der Waals surface area contributed by atoms with Crippen LogP contribution in [0.5, 0.6) is 0 Å². The molecule has 2 aromatic heterocycles. The molecule has 1 atom stereocenters. The van der Waals surface area contributed by atoms with Crippen LogP contribution in [0.4, 0.5) is 0 Å². The van der Waals surface area contributed by atoms with Crippen LogP contribution in [0, 0.1) is 13.8 Å². The Hall–Kier alpha value is -1.73. The summed E-state index contributed by atoms with van der Waals surface area (Å²) in [7, 11) is 2.12. The number of aryl methyl sites for hydroxylation is 3. The first-order valence-electron chi connectivity index (χ1n) is 8.22. The summed E-state index contributed by atoms with van der Waals surface area (Å²) in [5.41, 5.74) is 0.983. The van der Waals surface area contributed by atoms with Gasteiger partial charge < -0.3 is 8.94 Å². The molecule has 0 radical (unpaired) electrons. The maximum absolute atomic E-state index is 5.68. The molecule has 0 N–H and O–H groups in total. The monoisotopic (exact) mass is 319 g/mol. The molecule has 1 fully saturated rings. The molecule has 0 aromatic carbocycles. The highest BCUT2D eigenvalue weighted by Crippen LogP contribution is 2.19. The van der Waals surface area contributed by atoms with Crippen molar-refractivity contribution in [2.45, 2.75) is 52.7 Å². The lowest BCUT2D eigenvalue weighted by Crippen LogP contribution is -2.34. The molecule has 7 heteroatoms. The van der Waals surface area contributed by atoms with Gasteiger partial charge in [0.15, 0.2) is 5.82 Å². The Morgan fingerprint density at radius 1 is 1.26 bits per heavy atom. The van der Waals surface area contributed by atoms with E-state index in [1.54, 1.807) is 0 Å². The fourth-order valence-corrected chi connectivity index (χ4v) is 2.96. The van der Waals surface area contributed by atoms with Crippen LogP contribution in [0.1, 0.15) is 42.4 Å². The van der Waals surface area contributed by atoms with Gasteiger partial charge in [-0.3, -0.25) is 9.80 Å². The van der Waals surface area contributed by atoms with Crippen molar-refractivity contribution in [3.8, 4) is 0 Å². The summed E-state index contributed by atoms with van der Waals surface area (Å²) in [5.74, 6) is 3.20. The Kier molecular flexibility index (Phi) is 4.77. The van der Waals surface area contributed by atoms with E-state index in [0.717, 1.165) is 62.2 Å². The van der Waals surface area contributed by atoms with Gasteiger partial charge in [0.1, 0.15) is 5.76 Å². The average molecular weight is 319 g/mol. The van der Waals surface area contributed by atoms with Crippen LogP contribution >= 0.6 is 0 Å². The van der Waals surface area contributed by atoms with Crippen LogP contribution in [-0.2, 0) is 19.5 Å². The zero-order valence-corrected chi connectivity index (χ0v) is 14.4. The lowest BCUT2D eigenvalue weighted by atomic mass is 10.2. The molecule has 1 aliphatic heterocycles. The fraction of sp³-hybridized carbons (Fsp3) is 0.688. The summed E-state index contributed by atoms with van der Waals surface area (Å²) < 4.78 is 10.9. The van der Waals surface area contributed by atoms with E-state index in [-0.39, 0.29) is 0 Å². The lowest BCUT2D eigenvalue weighted by molar-refractivity contribution is 0.209. The SMILES string of the molecule is CCc1nc(CN(C)[C@H]2CCN(Cc3nc(C)c(C)o3)C2)no1. The number of hydrogen-bond acceptors (Lipinski definition) is 7. The standard InChI is InChI=1S/C16H25N5O2/c1-5-15-18-14(19-23-15)9-20(4)13-6-7-21(8-13)10-16-17-11(2)12(3)22-16/h13H,5-10H2,1-4H3/t13-/m0/s1. The average Bonchev–Trinajstić information content (AvgIpc) is 3.21. The summed E-state index contributed by atoms with van der Waals surface area (Å²) >= 11 is 0. The van der Waals surface area contributed by atoms with Gasteiger partial charge in [-0.25, -0.2) is 4.98 Å². The summed E-state index contributed by atoms with van der Waals surface area (Å²) in [6, 6.07) is 0.496. The van der Waals surface area contributed by atoms with Gasteiger partial charge in [-0.05, 0) is 27.3 Å². The molecule has 3 rings (SSSR count). The van der Waals surface area contributed by atoms with Crippen molar-refractivity contribution >= 4 is 0 Å². The smallest absolute Gasteiger partial charge is 0.226 e. The summed E-state index contributed by atoms with van der Waals surface area (Å²) in [4.78, 5) is 13.5. The minimum Gasteiger partial charge on any atom is -0.444 e. The maximum Gasteiger partial charge on any atom is 0.226 e. The van der Waals surface area contributed by atoms with E-state index >= 15 is 0 Å². The van der Waals surface area contributed by atoms with Crippen molar-refractivity contribution in [2.75, 3.05) is 20.1 Å². The van der Waals surface area contributed by atoms with Crippen LogP contribution < -0.4 is 0 Å². The van der Waals surface area contributed by atoms with Crippen molar-refractivity contribution in [1.29, 1.82) is 0 Å². The lowest BCUT2D eigenvalue weighted by Gasteiger charge is -2.22. The minimum atomic E-state index is 0.496. The summed E-state index contributed by atoms with van der Waals surface area (Å²) in [6.07, 6.45) is 1.91. The highest BCUT2D eigenvalue weighted by molar-refractivity contribution is 5.05. The number of hydrogen-bond donors (Lipinski definition) is 0. The Balaban J connectivity index is 1.52. The van der Waals surface area contributed by atoms with E-state index in [2.05, 4.69) is 32.0 Å². The molecule has 0 aliphatic carbocycles. The molecule has 7 nitrogen and oxygen atoms in total. The summed E-state index contributed by atoms with van der Waals surface area (Å²) in [5, 5.41) is 4.03. The van der Waals surface area contributed by atoms with E-state index in [4.69, 9.17) is 8.94 Å². The fourth-order valence-electron chi connectivity index (χ4n) is 2.96. The highest BCUT2D eigenvalue weighted by Gasteiger charge is 2.27. The molecule has 1 aliphatic rings. The number of aromatic nitrogens is 3. The highest BCUT2D eigenvalue weighted by atomic mass is 16.5. The van der Waals surface area contributed by atoms with Gasteiger partial charge in [-0.2, -0.15) is 4.98 Å². The van der Waals surface area contributed by atoms with Crippen LogP contribution in [-0.4, -0.2) is 51.1 Å². The number of nitrogens with zero attached hydrogens (tertiary/aromatic N) is 5. The van der Waals surface area contributed by atoms with Crippen molar-refractivity contribution in [3.05, 3.63) is 29.1 Å². The van der Waals surface area contributed by atoms with Crippen molar-refractivity contribution in [3.63, 3.8) is 0 Å². The van der Waals surface area contributed by atoms with Gasteiger partial charge >= 0.3 is 0 Å². The van der Waals surface area contributed by atoms with Gasteiger partial charge in [0.05, 0.1) is 18.8 Å². The third kappa shape index (κ3) is 3.79. The Morgan fingerprint density at radius 2 is 2.09 bits per heavy atom. The second-order valence-electron chi connectivity index (χ2n) is 6.30.